The molecule has 3 N–H and O–H groups in total. The fourth-order valence-electron chi connectivity index (χ4n) is 1.09. The Morgan fingerprint density at radius 1 is 1.61 bits per heavy atom. The Morgan fingerprint density at radius 2 is 2.22 bits per heavy atom. The van der Waals surface area contributed by atoms with Crippen molar-refractivity contribution in [1.29, 1.82) is 0 Å². The highest BCUT2D eigenvalue weighted by atomic mass is 79.9. The summed E-state index contributed by atoms with van der Waals surface area (Å²) in [6, 6.07) is 1.52. The van der Waals surface area contributed by atoms with E-state index in [9.17, 15) is 13.2 Å². The molecule has 0 aliphatic heterocycles. The molecule has 1 atom stereocenters. The van der Waals surface area contributed by atoms with Gasteiger partial charge in [-0.1, -0.05) is 0 Å². The third kappa shape index (κ3) is 4.02. The zero-order valence-corrected chi connectivity index (χ0v) is 12.6. The number of rotatable bonds is 6. The number of carboxylic acid groups (broad SMARTS) is 1. The van der Waals surface area contributed by atoms with Crippen LogP contribution in [0.4, 0.5) is 0 Å². The maximum absolute atomic E-state index is 11.8. The molecule has 0 bridgehead atoms. The number of thiophene rings is 1. The van der Waals surface area contributed by atoms with Gasteiger partial charge in [-0.2, -0.15) is 0 Å². The molecule has 1 aromatic rings. The van der Waals surface area contributed by atoms with E-state index >= 15 is 0 Å². The van der Waals surface area contributed by atoms with E-state index in [0.29, 0.717) is 0 Å². The number of nitrogens with one attached hydrogen (secondary N) is 1. The van der Waals surface area contributed by atoms with E-state index < -0.39 is 22.1 Å². The Morgan fingerprint density at radius 3 is 2.67 bits per heavy atom. The molecular formula is C9H12BrNO5S2. The van der Waals surface area contributed by atoms with E-state index in [1.807, 2.05) is 0 Å². The molecule has 0 aliphatic rings. The third-order valence-corrected chi connectivity index (χ3v) is 6.17. The highest BCUT2D eigenvalue weighted by Gasteiger charge is 2.19. The molecule has 0 unspecified atom stereocenters. The predicted molar refractivity (Wildman–Crippen MR) is 70.2 cm³/mol. The molecule has 102 valence electrons. The van der Waals surface area contributed by atoms with Gasteiger partial charge in [-0.3, -0.25) is 0 Å². The first kappa shape index (κ1) is 15.6. The summed E-state index contributed by atoms with van der Waals surface area (Å²) in [5, 5.41) is 17.4. The molecule has 1 aromatic heterocycles. The average Bonchev–Trinajstić information content (AvgIpc) is 2.59. The Labute approximate surface area is 117 Å². The van der Waals surface area contributed by atoms with Crippen LogP contribution in [0.3, 0.4) is 0 Å². The van der Waals surface area contributed by atoms with E-state index in [4.69, 9.17) is 10.2 Å². The zero-order valence-electron chi connectivity index (χ0n) is 9.38. The van der Waals surface area contributed by atoms with E-state index in [1.165, 1.54) is 6.07 Å². The molecule has 0 aromatic carbocycles. The van der Waals surface area contributed by atoms with Crippen LogP contribution in [-0.2, 0) is 14.8 Å². The topological polar surface area (TPSA) is 104 Å². The second-order valence-corrected chi connectivity index (χ2v) is 7.93. The van der Waals surface area contributed by atoms with Gasteiger partial charge in [0.2, 0.25) is 10.0 Å². The van der Waals surface area contributed by atoms with Crippen molar-refractivity contribution in [3.05, 3.63) is 15.4 Å². The van der Waals surface area contributed by atoms with Crippen LogP contribution in [0.5, 0.6) is 0 Å². The zero-order chi connectivity index (χ0) is 13.9. The van der Waals surface area contributed by atoms with Crippen LogP contribution in [0.1, 0.15) is 12.0 Å². The molecule has 1 heterocycles. The van der Waals surface area contributed by atoms with Crippen LogP contribution in [0, 0.1) is 6.92 Å². The Balaban J connectivity index is 2.63. The van der Waals surface area contributed by atoms with E-state index in [-0.39, 0.29) is 17.2 Å². The van der Waals surface area contributed by atoms with Crippen LogP contribution >= 0.6 is 27.3 Å². The minimum absolute atomic E-state index is 0.135. The van der Waals surface area contributed by atoms with Gasteiger partial charge in [0, 0.05) is 6.54 Å². The van der Waals surface area contributed by atoms with Crippen molar-refractivity contribution in [1.82, 2.24) is 4.72 Å². The van der Waals surface area contributed by atoms with Gasteiger partial charge in [0.05, 0.1) is 3.79 Å². The molecule has 0 saturated carbocycles. The number of halogens is 1. The lowest BCUT2D eigenvalue weighted by atomic mass is 10.3. The van der Waals surface area contributed by atoms with Gasteiger partial charge in [-0.05, 0) is 40.9 Å². The Bertz CT molecular complexity index is 520. The first-order valence-corrected chi connectivity index (χ1v) is 8.00. The van der Waals surface area contributed by atoms with Crippen LogP contribution in [-0.4, -0.2) is 37.2 Å². The van der Waals surface area contributed by atoms with Gasteiger partial charge >= 0.3 is 5.97 Å². The number of carbonyl (C=O) groups is 1. The number of hydrogen-bond acceptors (Lipinski definition) is 5. The lowest BCUT2D eigenvalue weighted by Gasteiger charge is -2.06. The Hall–Kier alpha value is -0.480. The summed E-state index contributed by atoms with van der Waals surface area (Å²) < 4.78 is 26.7. The van der Waals surface area contributed by atoms with Crippen LogP contribution in [0.25, 0.3) is 0 Å². The smallest absolute Gasteiger partial charge is 0.332 e. The lowest BCUT2D eigenvalue weighted by Crippen LogP contribution is -2.29. The summed E-state index contributed by atoms with van der Waals surface area (Å²) >= 11 is 4.30. The summed E-state index contributed by atoms with van der Waals surface area (Å²) in [7, 11) is -3.65. The number of aliphatic hydroxyl groups is 1. The fraction of sp³-hybridized carbons (Fsp3) is 0.444. The molecule has 9 heteroatoms. The molecule has 0 saturated heterocycles. The molecular weight excluding hydrogens is 346 g/mol. The second-order valence-electron chi connectivity index (χ2n) is 3.56. The SMILES string of the molecule is Cc1cc(S(=O)(=O)NCC[C@H](O)C(=O)O)sc1Br. The third-order valence-electron chi connectivity index (χ3n) is 2.09. The van der Waals surface area contributed by atoms with Crippen LogP contribution < -0.4 is 4.72 Å². The number of aliphatic carboxylic acids is 1. The van der Waals surface area contributed by atoms with Crippen molar-refractivity contribution >= 4 is 43.3 Å². The number of aryl methyl sites for hydroxylation is 1. The van der Waals surface area contributed by atoms with Gasteiger partial charge in [-0.15, -0.1) is 11.3 Å². The number of sulfonamides is 1. The summed E-state index contributed by atoms with van der Waals surface area (Å²) in [5.74, 6) is -1.37. The molecule has 0 spiro atoms. The second kappa shape index (κ2) is 6.11. The lowest BCUT2D eigenvalue weighted by molar-refractivity contribution is -0.146. The van der Waals surface area contributed by atoms with E-state index in [0.717, 1.165) is 20.7 Å². The van der Waals surface area contributed by atoms with E-state index in [1.54, 1.807) is 6.92 Å². The standard InChI is InChI=1S/C9H12BrNO5S2/c1-5-4-7(17-8(5)10)18(15,16)11-3-2-6(12)9(13)14/h4,6,11-12H,2-3H2,1H3,(H,13,14)/t6-/m0/s1. The van der Waals surface area contributed by atoms with Crippen molar-refractivity contribution in [3.63, 3.8) is 0 Å². The van der Waals surface area contributed by atoms with Crippen molar-refractivity contribution < 1.29 is 23.4 Å². The quantitative estimate of drug-likeness (QED) is 0.702. The normalized spacial score (nSPS) is 13.5. The van der Waals surface area contributed by atoms with Crippen LogP contribution in [0.2, 0.25) is 0 Å². The minimum atomic E-state index is -3.65. The van der Waals surface area contributed by atoms with Crippen molar-refractivity contribution in [2.75, 3.05) is 6.54 Å². The highest BCUT2D eigenvalue weighted by molar-refractivity contribution is 9.11. The van der Waals surface area contributed by atoms with Gasteiger partial charge in [0.25, 0.3) is 0 Å². The van der Waals surface area contributed by atoms with Gasteiger partial charge in [0.1, 0.15) is 4.21 Å². The van der Waals surface area contributed by atoms with Crippen molar-refractivity contribution in [2.45, 2.75) is 23.7 Å². The monoisotopic (exact) mass is 357 g/mol. The highest BCUT2D eigenvalue weighted by Crippen LogP contribution is 2.30. The number of hydrogen-bond donors (Lipinski definition) is 3. The first-order chi connectivity index (χ1) is 8.24. The Kier molecular flexibility index (Phi) is 5.29. The summed E-state index contributed by atoms with van der Waals surface area (Å²) in [6.45, 7) is 1.64. The van der Waals surface area contributed by atoms with Gasteiger partial charge < -0.3 is 10.2 Å². The molecule has 0 amide bonds. The van der Waals surface area contributed by atoms with Gasteiger partial charge in [0.15, 0.2) is 6.10 Å². The predicted octanol–water partition coefficient (Wildman–Crippen LogP) is 0.933. The summed E-state index contributed by atoms with van der Waals surface area (Å²) in [4.78, 5) is 10.3. The van der Waals surface area contributed by atoms with E-state index in [2.05, 4.69) is 20.7 Å². The molecule has 18 heavy (non-hydrogen) atoms. The maximum Gasteiger partial charge on any atom is 0.332 e. The average molecular weight is 358 g/mol. The van der Waals surface area contributed by atoms with Crippen molar-refractivity contribution in [2.24, 2.45) is 0 Å². The molecule has 1 rings (SSSR count). The molecule has 6 nitrogen and oxygen atoms in total. The molecule has 0 radical (unpaired) electrons. The molecule has 0 fully saturated rings. The summed E-state index contributed by atoms with van der Waals surface area (Å²) in [6.07, 6.45) is -1.75. The minimum Gasteiger partial charge on any atom is -0.479 e. The maximum atomic E-state index is 11.8. The fourth-order valence-corrected chi connectivity index (χ4v) is 4.41. The van der Waals surface area contributed by atoms with Crippen LogP contribution in [0.15, 0.2) is 14.1 Å². The summed E-state index contributed by atoms with van der Waals surface area (Å²) in [5.41, 5.74) is 0.811. The first-order valence-electron chi connectivity index (χ1n) is 4.90. The van der Waals surface area contributed by atoms with Crippen molar-refractivity contribution in [3.8, 4) is 0 Å². The van der Waals surface area contributed by atoms with Gasteiger partial charge in [-0.25, -0.2) is 17.9 Å². The molecule has 0 aliphatic carbocycles. The number of carboxylic acids is 1. The number of aliphatic hydroxyl groups excluding tert-OH is 1. The largest absolute Gasteiger partial charge is 0.479 e.